The Morgan fingerprint density at radius 2 is 2.00 bits per heavy atom. The fourth-order valence-corrected chi connectivity index (χ4v) is 2.47. The van der Waals surface area contributed by atoms with Crippen molar-refractivity contribution in [3.8, 4) is 11.5 Å². The first-order chi connectivity index (χ1) is 12.0. The first-order valence-electron chi connectivity index (χ1n) is 8.21. The molecule has 6 nitrogen and oxygen atoms in total. The van der Waals surface area contributed by atoms with Gasteiger partial charge in [0.15, 0.2) is 0 Å². The molecule has 0 spiro atoms. The average Bonchev–Trinajstić information content (AvgIpc) is 2.62. The number of carbonyl (C=O) groups excluding carboxylic acids is 1. The maximum Gasteiger partial charge on any atom is 0.315 e. The Hall–Kier alpha value is -2.76. The van der Waals surface area contributed by atoms with Crippen LogP contribution in [0.5, 0.6) is 11.5 Å². The Kier molecular flexibility index (Phi) is 6.62. The van der Waals surface area contributed by atoms with Crippen LogP contribution < -0.4 is 20.1 Å². The van der Waals surface area contributed by atoms with Crippen molar-refractivity contribution in [3.05, 3.63) is 53.3 Å². The van der Waals surface area contributed by atoms with Crippen LogP contribution in [-0.4, -0.2) is 31.8 Å². The van der Waals surface area contributed by atoms with Gasteiger partial charge in [-0.1, -0.05) is 6.07 Å². The molecule has 1 unspecified atom stereocenters. The van der Waals surface area contributed by atoms with Crippen molar-refractivity contribution in [1.82, 2.24) is 15.6 Å². The van der Waals surface area contributed by atoms with Crippen molar-refractivity contribution in [2.75, 3.05) is 20.8 Å². The summed E-state index contributed by atoms with van der Waals surface area (Å²) in [5.74, 6) is 1.39. The molecular weight excluding hydrogens is 318 g/mol. The van der Waals surface area contributed by atoms with Gasteiger partial charge in [-0.15, -0.1) is 0 Å². The number of benzene rings is 1. The molecule has 0 bridgehead atoms. The largest absolute Gasteiger partial charge is 0.497 e. The third kappa shape index (κ3) is 5.38. The lowest BCUT2D eigenvalue weighted by Gasteiger charge is -2.18. The second-order valence-corrected chi connectivity index (χ2v) is 5.79. The normalized spacial score (nSPS) is 11.5. The molecule has 0 radical (unpaired) electrons. The molecule has 1 aromatic carbocycles. The number of nitrogens with zero attached hydrogens (tertiary/aromatic N) is 1. The van der Waals surface area contributed by atoms with Crippen molar-refractivity contribution >= 4 is 6.03 Å². The van der Waals surface area contributed by atoms with E-state index in [-0.39, 0.29) is 12.1 Å². The number of nitrogens with one attached hydrogen (secondary N) is 2. The maximum absolute atomic E-state index is 12.1. The fraction of sp³-hybridized carbons (Fsp3) is 0.368. The van der Waals surface area contributed by atoms with Crippen molar-refractivity contribution in [3.63, 3.8) is 0 Å². The predicted octanol–water partition coefficient (Wildman–Crippen LogP) is 3.01. The molecule has 0 aliphatic carbocycles. The zero-order valence-electron chi connectivity index (χ0n) is 15.1. The van der Waals surface area contributed by atoms with Crippen LogP contribution in [0.1, 0.15) is 29.8 Å². The molecule has 1 atom stereocenters. The SMILES string of the molecule is COc1ccc(C(C)NC(=O)NCCc2ccc(C)nc2)c(OC)c1. The van der Waals surface area contributed by atoms with Crippen molar-refractivity contribution < 1.29 is 14.3 Å². The number of urea groups is 1. The lowest BCUT2D eigenvalue weighted by atomic mass is 10.1. The van der Waals surface area contributed by atoms with Gasteiger partial charge in [-0.3, -0.25) is 4.98 Å². The number of hydrogen-bond acceptors (Lipinski definition) is 4. The Bertz CT molecular complexity index is 702. The van der Waals surface area contributed by atoms with E-state index in [1.165, 1.54) is 0 Å². The number of rotatable bonds is 7. The summed E-state index contributed by atoms with van der Waals surface area (Å²) in [6.45, 7) is 4.40. The molecule has 0 aliphatic rings. The van der Waals surface area contributed by atoms with Crippen LogP contribution in [0.15, 0.2) is 36.5 Å². The molecule has 0 aliphatic heterocycles. The van der Waals surface area contributed by atoms with E-state index in [2.05, 4.69) is 15.6 Å². The molecule has 134 valence electrons. The van der Waals surface area contributed by atoms with Crippen LogP contribution in [0.4, 0.5) is 4.79 Å². The molecule has 2 N–H and O–H groups in total. The summed E-state index contributed by atoms with van der Waals surface area (Å²) in [7, 11) is 3.20. The number of ether oxygens (including phenoxy) is 2. The summed E-state index contributed by atoms with van der Waals surface area (Å²) in [6, 6.07) is 9.11. The lowest BCUT2D eigenvalue weighted by Crippen LogP contribution is -2.38. The van der Waals surface area contributed by atoms with Crippen LogP contribution in [0, 0.1) is 6.92 Å². The molecular formula is C19H25N3O3. The second kappa shape index (κ2) is 8.92. The van der Waals surface area contributed by atoms with Crippen LogP contribution in [-0.2, 0) is 6.42 Å². The molecule has 2 rings (SSSR count). The van der Waals surface area contributed by atoms with Crippen molar-refractivity contribution in [1.29, 1.82) is 0 Å². The van der Waals surface area contributed by atoms with E-state index in [1.54, 1.807) is 20.3 Å². The average molecular weight is 343 g/mol. The van der Waals surface area contributed by atoms with Crippen LogP contribution in [0.2, 0.25) is 0 Å². The van der Waals surface area contributed by atoms with Crippen LogP contribution >= 0.6 is 0 Å². The predicted molar refractivity (Wildman–Crippen MR) is 97.2 cm³/mol. The number of aryl methyl sites for hydroxylation is 1. The third-order valence-corrected chi connectivity index (χ3v) is 3.93. The molecule has 1 heterocycles. The lowest BCUT2D eigenvalue weighted by molar-refractivity contribution is 0.238. The first-order valence-corrected chi connectivity index (χ1v) is 8.21. The monoisotopic (exact) mass is 343 g/mol. The molecule has 0 saturated heterocycles. The van der Waals surface area contributed by atoms with Gasteiger partial charge in [0.05, 0.1) is 20.3 Å². The highest BCUT2D eigenvalue weighted by atomic mass is 16.5. The van der Waals surface area contributed by atoms with Crippen molar-refractivity contribution in [2.24, 2.45) is 0 Å². The van der Waals surface area contributed by atoms with Gasteiger partial charge >= 0.3 is 6.03 Å². The summed E-state index contributed by atoms with van der Waals surface area (Å²) in [6.07, 6.45) is 2.57. The summed E-state index contributed by atoms with van der Waals surface area (Å²) < 4.78 is 10.6. The first kappa shape index (κ1) is 18.6. The molecule has 0 saturated carbocycles. The molecule has 6 heteroatoms. The van der Waals surface area contributed by atoms with Gasteiger partial charge in [-0.2, -0.15) is 0 Å². The quantitative estimate of drug-likeness (QED) is 0.810. The maximum atomic E-state index is 12.1. The summed E-state index contributed by atoms with van der Waals surface area (Å²) >= 11 is 0. The smallest absolute Gasteiger partial charge is 0.315 e. The summed E-state index contributed by atoms with van der Waals surface area (Å²) in [4.78, 5) is 16.3. The highest BCUT2D eigenvalue weighted by Gasteiger charge is 2.14. The van der Waals surface area contributed by atoms with E-state index < -0.39 is 0 Å². The van der Waals surface area contributed by atoms with Gasteiger partial charge in [-0.05, 0) is 44.0 Å². The van der Waals surface area contributed by atoms with E-state index in [0.29, 0.717) is 18.0 Å². The van der Waals surface area contributed by atoms with E-state index in [4.69, 9.17) is 9.47 Å². The number of aromatic nitrogens is 1. The number of carbonyl (C=O) groups is 1. The molecule has 0 fully saturated rings. The zero-order valence-corrected chi connectivity index (χ0v) is 15.1. The van der Waals surface area contributed by atoms with E-state index in [9.17, 15) is 4.79 Å². The number of pyridine rings is 1. The Morgan fingerprint density at radius 3 is 2.64 bits per heavy atom. The third-order valence-electron chi connectivity index (χ3n) is 3.93. The minimum Gasteiger partial charge on any atom is -0.497 e. The number of amides is 2. The standard InChI is InChI=1S/C19H25N3O3/c1-13-5-6-15(12-21-13)9-10-20-19(23)22-14(2)17-8-7-16(24-3)11-18(17)25-4/h5-8,11-12,14H,9-10H2,1-4H3,(H2,20,22,23). The molecule has 2 amide bonds. The van der Waals surface area contributed by atoms with Gasteiger partial charge in [0, 0.05) is 30.1 Å². The fourth-order valence-electron chi connectivity index (χ4n) is 2.47. The number of methoxy groups -OCH3 is 2. The Labute approximate surface area is 148 Å². The minimum atomic E-state index is -0.217. The van der Waals surface area contributed by atoms with Gasteiger partial charge in [0.25, 0.3) is 0 Å². The number of hydrogen-bond donors (Lipinski definition) is 2. The molecule has 2 aromatic rings. The van der Waals surface area contributed by atoms with Crippen molar-refractivity contribution in [2.45, 2.75) is 26.3 Å². The van der Waals surface area contributed by atoms with Crippen LogP contribution in [0.3, 0.4) is 0 Å². The Morgan fingerprint density at radius 1 is 1.20 bits per heavy atom. The highest BCUT2D eigenvalue weighted by Crippen LogP contribution is 2.29. The van der Waals surface area contributed by atoms with E-state index >= 15 is 0 Å². The van der Waals surface area contributed by atoms with Gasteiger partial charge in [0.2, 0.25) is 0 Å². The Balaban J connectivity index is 1.86. The zero-order chi connectivity index (χ0) is 18.2. The molecule has 25 heavy (non-hydrogen) atoms. The van der Waals surface area contributed by atoms with Gasteiger partial charge in [0.1, 0.15) is 11.5 Å². The van der Waals surface area contributed by atoms with E-state index in [1.807, 2.05) is 44.3 Å². The topological polar surface area (TPSA) is 72.5 Å². The highest BCUT2D eigenvalue weighted by molar-refractivity contribution is 5.74. The second-order valence-electron chi connectivity index (χ2n) is 5.79. The molecule has 1 aromatic heterocycles. The van der Waals surface area contributed by atoms with Gasteiger partial charge < -0.3 is 20.1 Å². The van der Waals surface area contributed by atoms with Gasteiger partial charge in [-0.25, -0.2) is 4.79 Å². The summed E-state index contributed by atoms with van der Waals surface area (Å²) in [5, 5.41) is 5.78. The minimum absolute atomic E-state index is 0.193. The van der Waals surface area contributed by atoms with Crippen LogP contribution in [0.25, 0.3) is 0 Å². The van der Waals surface area contributed by atoms with E-state index in [0.717, 1.165) is 23.2 Å². The summed E-state index contributed by atoms with van der Waals surface area (Å²) in [5.41, 5.74) is 2.97.